The Morgan fingerprint density at radius 2 is 1.82 bits per heavy atom. The number of aromatic hydroxyl groups is 2. The minimum atomic E-state index is -2.12. The van der Waals surface area contributed by atoms with Crippen LogP contribution in [0.3, 0.4) is 0 Å². The van der Waals surface area contributed by atoms with Gasteiger partial charge in [0.05, 0.1) is 48.1 Å². The molecule has 0 aromatic heterocycles. The number of fused-ring (bicyclic) bond motifs is 3. The number of carbonyl (C=O) groups is 5. The summed E-state index contributed by atoms with van der Waals surface area (Å²) in [5.74, 6) is -4.34. The van der Waals surface area contributed by atoms with Crippen molar-refractivity contribution in [3.05, 3.63) is 51.6 Å². The second-order valence-electron chi connectivity index (χ2n) is 14.6. The molecule has 2 aliphatic heterocycles. The van der Waals surface area contributed by atoms with Crippen LogP contribution in [-0.2, 0) is 30.3 Å². The van der Waals surface area contributed by atoms with Crippen LogP contribution >= 0.6 is 0 Å². The number of halogens is 1. The number of aliphatic hydroxyl groups excluding tert-OH is 1. The average molecular weight is 811 g/mol. The molecule has 0 radical (unpaired) electrons. The number of ketones is 3. The van der Waals surface area contributed by atoms with E-state index in [1.54, 1.807) is 6.92 Å². The molecule has 0 bridgehead atoms. The molecular weight excluding hydrogens is 763 g/mol. The molecule has 2 aromatic carbocycles. The van der Waals surface area contributed by atoms with Gasteiger partial charge >= 0.3 is 29.6 Å². The SMILES string of the molecule is COc1cccc2c1C(=O)c1c(O)c3c(c(O)c1C2=O)C[C@@](O)(C(C)=O)C[C@@H]3OC1CC(NC(=O)C(CCCCN)NC(=O)C2CCCN2)C(O)C(C)O1.[Cl-].[Na+]. The second-order valence-corrected chi connectivity index (χ2v) is 14.6. The number of amides is 2. The first-order chi connectivity index (χ1) is 25.7. The number of unbranched alkanes of at least 4 members (excludes halogenated alkanes) is 1. The molecule has 9 N–H and O–H groups in total. The van der Waals surface area contributed by atoms with Gasteiger partial charge in [0.15, 0.2) is 17.9 Å². The number of carbonyl (C=O) groups excluding carboxylic acids is 5. The molecule has 8 atom stereocenters. The summed E-state index contributed by atoms with van der Waals surface area (Å²) in [6.07, 6.45) is -2.80. The molecule has 4 aliphatic rings. The zero-order chi connectivity index (χ0) is 39.1. The van der Waals surface area contributed by atoms with Crippen LogP contribution in [0, 0.1) is 0 Å². The molecule has 0 saturated carbocycles. The average Bonchev–Trinajstić information content (AvgIpc) is 3.69. The molecule has 0 spiro atoms. The third kappa shape index (κ3) is 8.65. The van der Waals surface area contributed by atoms with Crippen molar-refractivity contribution >= 4 is 29.2 Å². The van der Waals surface area contributed by atoms with Gasteiger partial charge in [0.2, 0.25) is 17.6 Å². The predicted octanol–water partition coefficient (Wildman–Crippen LogP) is -5.44. The van der Waals surface area contributed by atoms with Crippen LogP contribution in [0.2, 0.25) is 0 Å². The van der Waals surface area contributed by atoms with Crippen LogP contribution in [0.5, 0.6) is 17.2 Å². The third-order valence-electron chi connectivity index (χ3n) is 11.0. The minimum Gasteiger partial charge on any atom is -1.00 e. The smallest absolute Gasteiger partial charge is 1.00 e. The zero-order valence-corrected chi connectivity index (χ0v) is 34.6. The van der Waals surface area contributed by atoms with E-state index >= 15 is 0 Å². The molecular formula is C38H48ClN4NaO12. The van der Waals surface area contributed by atoms with Crippen molar-refractivity contribution in [3.8, 4) is 17.2 Å². The summed E-state index contributed by atoms with van der Waals surface area (Å²) in [5.41, 5.74) is 2.15. The maximum Gasteiger partial charge on any atom is 1.00 e. The van der Waals surface area contributed by atoms with Crippen molar-refractivity contribution in [2.24, 2.45) is 5.73 Å². The van der Waals surface area contributed by atoms with Gasteiger partial charge in [-0.15, -0.1) is 0 Å². The summed E-state index contributed by atoms with van der Waals surface area (Å²) in [6, 6.07) is 2.10. The van der Waals surface area contributed by atoms with Crippen LogP contribution in [0.25, 0.3) is 0 Å². The van der Waals surface area contributed by atoms with E-state index < -0.39 is 107 Å². The number of hydrogen-bond acceptors (Lipinski definition) is 14. The largest absolute Gasteiger partial charge is 1.00 e. The van der Waals surface area contributed by atoms with Gasteiger partial charge in [-0.05, 0) is 65.1 Å². The number of hydrogen-bond donors (Lipinski definition) is 8. The normalized spacial score (nSPS) is 27.0. The number of phenolic OH excluding ortho intramolecular Hbond substituents is 2. The summed E-state index contributed by atoms with van der Waals surface area (Å²) >= 11 is 0. The van der Waals surface area contributed by atoms with Crippen LogP contribution in [0.1, 0.15) is 108 Å². The standard InChI is InChI=1S/C38H48N4O12.ClH.Na/c1-17-31(44)23(42-37(50)22(9-4-5-12-39)41-36(49)21-10-7-13-40-21)14-26(53-17)54-25-16-38(51,18(2)43)15-20-28(25)35(48)30-29(33(20)46)32(45)19-8-6-11-24(52-3)27(19)34(30)47;;/h6,8,11,17,21-23,25-26,31,40,44,46,48,51H,4-5,7,9-10,12-16,39H2,1-3H3,(H,41,49)(H,42,50);1H;/q;;+1/p-1/t17?,21?,22?,23?,25-,26?,31?,38-;;/m0../s1. The van der Waals surface area contributed by atoms with Gasteiger partial charge in [-0.25, -0.2) is 0 Å². The Hall–Kier alpha value is -3.16. The van der Waals surface area contributed by atoms with E-state index in [2.05, 4.69) is 16.0 Å². The van der Waals surface area contributed by atoms with Gasteiger partial charge in [0, 0.05) is 36.0 Å². The number of methoxy groups -OCH3 is 1. The number of ether oxygens (including phenoxy) is 3. The molecule has 300 valence electrons. The van der Waals surface area contributed by atoms with Crippen molar-refractivity contribution in [2.45, 2.75) is 114 Å². The van der Waals surface area contributed by atoms with Crippen molar-refractivity contribution in [3.63, 3.8) is 0 Å². The van der Waals surface area contributed by atoms with Gasteiger partial charge in [0.25, 0.3) is 0 Å². The monoisotopic (exact) mass is 810 g/mol. The molecule has 16 nitrogen and oxygen atoms in total. The molecule has 2 amide bonds. The Kier molecular flexibility index (Phi) is 15.1. The van der Waals surface area contributed by atoms with Gasteiger partial charge in [-0.3, -0.25) is 24.0 Å². The van der Waals surface area contributed by atoms with Crippen LogP contribution < -0.4 is 68.4 Å². The predicted molar refractivity (Wildman–Crippen MR) is 190 cm³/mol. The first kappa shape index (κ1) is 45.5. The number of Topliss-reactive ketones (excluding diaryl/α,β-unsaturated/α-hetero) is 1. The molecule has 6 unspecified atom stereocenters. The first-order valence-corrected chi connectivity index (χ1v) is 18.3. The van der Waals surface area contributed by atoms with E-state index in [1.165, 1.54) is 25.3 Å². The maximum atomic E-state index is 14.0. The summed E-state index contributed by atoms with van der Waals surface area (Å²) < 4.78 is 17.6. The maximum absolute atomic E-state index is 14.0. The molecule has 2 aliphatic carbocycles. The van der Waals surface area contributed by atoms with E-state index in [-0.39, 0.29) is 82.3 Å². The summed E-state index contributed by atoms with van der Waals surface area (Å²) in [7, 11) is 1.32. The Labute approximate surface area is 352 Å². The van der Waals surface area contributed by atoms with E-state index in [0.717, 1.165) is 13.3 Å². The number of benzene rings is 2. The number of nitrogens with two attached hydrogens (primary N) is 1. The number of rotatable bonds is 12. The fraction of sp³-hybridized carbons (Fsp3) is 0.553. The summed E-state index contributed by atoms with van der Waals surface area (Å²) in [6.45, 7) is 3.82. The Morgan fingerprint density at radius 3 is 2.46 bits per heavy atom. The van der Waals surface area contributed by atoms with E-state index in [1.807, 2.05) is 0 Å². The summed E-state index contributed by atoms with van der Waals surface area (Å²) in [4.78, 5) is 67.2. The number of aliphatic hydroxyl groups is 2. The fourth-order valence-corrected chi connectivity index (χ4v) is 7.99. The van der Waals surface area contributed by atoms with Gasteiger partial charge in [0.1, 0.15) is 35.0 Å². The van der Waals surface area contributed by atoms with Crippen molar-refractivity contribution in [1.29, 1.82) is 0 Å². The molecule has 2 heterocycles. The summed E-state index contributed by atoms with van der Waals surface area (Å²) in [5, 5.41) is 54.9. The van der Waals surface area contributed by atoms with Crippen molar-refractivity contribution < 1.29 is 101 Å². The first-order valence-electron chi connectivity index (χ1n) is 18.3. The van der Waals surface area contributed by atoms with Gasteiger partial charge in [-0.2, -0.15) is 0 Å². The molecule has 2 saturated heterocycles. The number of nitrogens with one attached hydrogen (secondary N) is 3. The quantitative estimate of drug-likeness (QED) is 0.0483. The fourth-order valence-electron chi connectivity index (χ4n) is 7.99. The Morgan fingerprint density at radius 1 is 1.11 bits per heavy atom. The second kappa shape index (κ2) is 18.6. The van der Waals surface area contributed by atoms with Crippen LogP contribution in [0.4, 0.5) is 0 Å². The van der Waals surface area contributed by atoms with E-state index in [0.29, 0.717) is 38.8 Å². The van der Waals surface area contributed by atoms with E-state index in [4.69, 9.17) is 19.9 Å². The van der Waals surface area contributed by atoms with Crippen LogP contribution in [0.15, 0.2) is 18.2 Å². The topological polar surface area (TPSA) is 256 Å². The van der Waals surface area contributed by atoms with Gasteiger partial charge < -0.3 is 68.7 Å². The molecule has 56 heavy (non-hydrogen) atoms. The molecule has 2 fully saturated rings. The number of phenols is 2. The Balaban J connectivity index is 0.00000348. The third-order valence-corrected chi connectivity index (χ3v) is 11.0. The van der Waals surface area contributed by atoms with Crippen molar-refractivity contribution in [2.75, 3.05) is 20.2 Å². The molecule has 6 rings (SSSR count). The van der Waals surface area contributed by atoms with E-state index in [9.17, 15) is 44.4 Å². The van der Waals surface area contributed by atoms with Gasteiger partial charge in [-0.1, -0.05) is 12.1 Å². The molecule has 2 aromatic rings. The van der Waals surface area contributed by atoms with Crippen LogP contribution in [-0.4, -0.2) is 112 Å². The minimum absolute atomic E-state index is 0. The Bertz CT molecular complexity index is 1860. The van der Waals surface area contributed by atoms with Crippen molar-refractivity contribution in [1.82, 2.24) is 16.0 Å². The zero-order valence-electron chi connectivity index (χ0n) is 31.9. The molecule has 18 heteroatoms.